The molecule has 0 bridgehead atoms. The van der Waals surface area contributed by atoms with Crippen LogP contribution in [-0.2, 0) is 20.9 Å². The Morgan fingerprint density at radius 1 is 1.21 bits per heavy atom. The summed E-state index contributed by atoms with van der Waals surface area (Å²) in [5, 5.41) is 5.36. The SMILES string of the molecule is COc1ccc(CN2C[C@@H](C(=O)NCCNC(C)=O)CC2=O)cc1. The number of amides is 3. The van der Waals surface area contributed by atoms with E-state index in [1.165, 1.54) is 6.92 Å². The summed E-state index contributed by atoms with van der Waals surface area (Å²) in [7, 11) is 1.61. The first-order valence-corrected chi connectivity index (χ1v) is 7.92. The highest BCUT2D eigenvalue weighted by Crippen LogP contribution is 2.21. The van der Waals surface area contributed by atoms with Crippen LogP contribution in [0.15, 0.2) is 24.3 Å². The van der Waals surface area contributed by atoms with Crippen molar-refractivity contribution in [1.29, 1.82) is 0 Å². The van der Waals surface area contributed by atoms with Crippen molar-refractivity contribution in [3.63, 3.8) is 0 Å². The van der Waals surface area contributed by atoms with E-state index in [0.29, 0.717) is 26.2 Å². The normalized spacial score (nSPS) is 16.8. The third-order valence-electron chi connectivity index (χ3n) is 3.92. The Balaban J connectivity index is 1.81. The van der Waals surface area contributed by atoms with Crippen molar-refractivity contribution in [2.45, 2.75) is 19.9 Å². The molecule has 7 heteroatoms. The maximum Gasteiger partial charge on any atom is 0.225 e. The molecule has 1 aliphatic rings. The monoisotopic (exact) mass is 333 g/mol. The highest BCUT2D eigenvalue weighted by Gasteiger charge is 2.33. The zero-order chi connectivity index (χ0) is 17.5. The van der Waals surface area contributed by atoms with Crippen molar-refractivity contribution in [3.8, 4) is 5.75 Å². The summed E-state index contributed by atoms with van der Waals surface area (Å²) >= 11 is 0. The first kappa shape index (κ1) is 17.8. The number of nitrogens with one attached hydrogen (secondary N) is 2. The largest absolute Gasteiger partial charge is 0.497 e. The first-order chi connectivity index (χ1) is 11.5. The van der Waals surface area contributed by atoms with E-state index in [1.807, 2.05) is 24.3 Å². The number of benzene rings is 1. The van der Waals surface area contributed by atoms with Crippen LogP contribution < -0.4 is 15.4 Å². The number of likely N-dealkylation sites (tertiary alicyclic amines) is 1. The Morgan fingerprint density at radius 2 is 1.88 bits per heavy atom. The predicted molar refractivity (Wildman–Crippen MR) is 88.2 cm³/mol. The molecule has 1 fully saturated rings. The molecule has 0 aromatic heterocycles. The van der Waals surface area contributed by atoms with Crippen molar-refractivity contribution in [2.24, 2.45) is 5.92 Å². The minimum atomic E-state index is -0.340. The molecule has 3 amide bonds. The van der Waals surface area contributed by atoms with Crippen LogP contribution in [0, 0.1) is 5.92 Å². The van der Waals surface area contributed by atoms with Gasteiger partial charge in [0.15, 0.2) is 0 Å². The van der Waals surface area contributed by atoms with Crippen LogP contribution in [0.2, 0.25) is 0 Å². The molecule has 0 unspecified atom stereocenters. The Bertz CT molecular complexity index is 600. The lowest BCUT2D eigenvalue weighted by molar-refractivity contribution is -0.129. The number of carbonyl (C=O) groups excluding carboxylic acids is 3. The molecule has 24 heavy (non-hydrogen) atoms. The molecule has 1 aromatic rings. The zero-order valence-electron chi connectivity index (χ0n) is 14.0. The van der Waals surface area contributed by atoms with Gasteiger partial charge in [-0.2, -0.15) is 0 Å². The van der Waals surface area contributed by atoms with Crippen LogP contribution in [0.5, 0.6) is 5.75 Å². The van der Waals surface area contributed by atoms with Gasteiger partial charge in [0.25, 0.3) is 0 Å². The molecule has 0 radical (unpaired) electrons. The van der Waals surface area contributed by atoms with Gasteiger partial charge in [0.2, 0.25) is 17.7 Å². The highest BCUT2D eigenvalue weighted by molar-refractivity contribution is 5.89. The average molecular weight is 333 g/mol. The molecule has 2 N–H and O–H groups in total. The third-order valence-corrected chi connectivity index (χ3v) is 3.92. The van der Waals surface area contributed by atoms with Gasteiger partial charge in [-0.15, -0.1) is 0 Å². The Hall–Kier alpha value is -2.57. The van der Waals surface area contributed by atoms with Crippen LogP contribution >= 0.6 is 0 Å². The second-order valence-corrected chi connectivity index (χ2v) is 5.80. The van der Waals surface area contributed by atoms with Crippen molar-refractivity contribution < 1.29 is 19.1 Å². The topological polar surface area (TPSA) is 87.7 Å². The molecule has 0 saturated carbocycles. The van der Waals surface area contributed by atoms with Gasteiger partial charge in [0, 0.05) is 39.5 Å². The quantitative estimate of drug-likeness (QED) is 0.703. The molecule has 1 aliphatic heterocycles. The number of carbonyl (C=O) groups is 3. The Labute approximate surface area is 141 Å². The van der Waals surface area contributed by atoms with Crippen LogP contribution in [0.1, 0.15) is 18.9 Å². The van der Waals surface area contributed by atoms with E-state index in [9.17, 15) is 14.4 Å². The zero-order valence-corrected chi connectivity index (χ0v) is 14.0. The number of hydrogen-bond acceptors (Lipinski definition) is 4. The smallest absolute Gasteiger partial charge is 0.225 e. The number of methoxy groups -OCH3 is 1. The fraction of sp³-hybridized carbons (Fsp3) is 0.471. The maximum absolute atomic E-state index is 12.1. The maximum atomic E-state index is 12.1. The van der Waals surface area contributed by atoms with E-state index in [0.717, 1.165) is 11.3 Å². The standard InChI is InChI=1S/C17H23N3O4/c1-12(21)18-7-8-19-17(23)14-9-16(22)20(11-14)10-13-3-5-15(24-2)6-4-13/h3-6,14H,7-11H2,1-2H3,(H,18,21)(H,19,23)/t14-/m0/s1. The number of nitrogens with zero attached hydrogens (tertiary/aromatic N) is 1. The minimum Gasteiger partial charge on any atom is -0.497 e. The first-order valence-electron chi connectivity index (χ1n) is 7.92. The summed E-state index contributed by atoms with van der Waals surface area (Å²) in [6, 6.07) is 7.52. The fourth-order valence-electron chi connectivity index (χ4n) is 2.62. The average Bonchev–Trinajstić information content (AvgIpc) is 2.93. The molecule has 2 rings (SSSR count). The van der Waals surface area contributed by atoms with Crippen LogP contribution in [0.4, 0.5) is 0 Å². The molecule has 0 spiro atoms. The summed E-state index contributed by atoms with van der Waals surface area (Å²) in [6.45, 7) is 3.07. The molecule has 1 aromatic carbocycles. The van der Waals surface area contributed by atoms with E-state index >= 15 is 0 Å². The fourth-order valence-corrected chi connectivity index (χ4v) is 2.62. The van der Waals surface area contributed by atoms with Gasteiger partial charge < -0.3 is 20.3 Å². The van der Waals surface area contributed by atoms with Gasteiger partial charge >= 0.3 is 0 Å². The summed E-state index contributed by atoms with van der Waals surface area (Å²) in [6.07, 6.45) is 0.224. The Kier molecular flexibility index (Phi) is 6.17. The van der Waals surface area contributed by atoms with Crippen molar-refractivity contribution in [3.05, 3.63) is 29.8 Å². The number of rotatable bonds is 7. The summed E-state index contributed by atoms with van der Waals surface area (Å²) in [5.41, 5.74) is 0.996. The van der Waals surface area contributed by atoms with Crippen LogP contribution in [0.25, 0.3) is 0 Å². The molecule has 0 aliphatic carbocycles. The van der Waals surface area contributed by atoms with Crippen molar-refractivity contribution in [1.82, 2.24) is 15.5 Å². The van der Waals surface area contributed by atoms with Gasteiger partial charge in [0.05, 0.1) is 13.0 Å². The summed E-state index contributed by atoms with van der Waals surface area (Å²) in [5.74, 6) is 0.126. The number of hydrogen-bond donors (Lipinski definition) is 2. The molecule has 1 atom stereocenters. The van der Waals surface area contributed by atoms with Gasteiger partial charge in [-0.1, -0.05) is 12.1 Å². The molecule has 1 saturated heterocycles. The van der Waals surface area contributed by atoms with E-state index in [1.54, 1.807) is 12.0 Å². The minimum absolute atomic E-state index is 0.0205. The van der Waals surface area contributed by atoms with Gasteiger partial charge in [-0.05, 0) is 17.7 Å². The molecule has 7 nitrogen and oxygen atoms in total. The number of ether oxygens (including phenoxy) is 1. The van der Waals surface area contributed by atoms with E-state index < -0.39 is 0 Å². The van der Waals surface area contributed by atoms with E-state index in [2.05, 4.69) is 10.6 Å². The molecular formula is C17H23N3O4. The lowest BCUT2D eigenvalue weighted by atomic mass is 10.1. The van der Waals surface area contributed by atoms with Gasteiger partial charge in [-0.3, -0.25) is 14.4 Å². The van der Waals surface area contributed by atoms with Crippen molar-refractivity contribution in [2.75, 3.05) is 26.7 Å². The van der Waals surface area contributed by atoms with E-state index in [4.69, 9.17) is 4.74 Å². The van der Waals surface area contributed by atoms with Gasteiger partial charge in [0.1, 0.15) is 5.75 Å². The summed E-state index contributed by atoms with van der Waals surface area (Å²) in [4.78, 5) is 36.7. The molecule has 1 heterocycles. The predicted octanol–water partition coefficient (Wildman–Crippen LogP) is 0.296. The lowest BCUT2D eigenvalue weighted by Gasteiger charge is -2.17. The van der Waals surface area contributed by atoms with Crippen LogP contribution in [-0.4, -0.2) is 49.4 Å². The second kappa shape index (κ2) is 8.33. The molecule has 130 valence electrons. The van der Waals surface area contributed by atoms with Crippen LogP contribution in [0.3, 0.4) is 0 Å². The highest BCUT2D eigenvalue weighted by atomic mass is 16.5. The van der Waals surface area contributed by atoms with E-state index in [-0.39, 0.29) is 30.1 Å². The van der Waals surface area contributed by atoms with Gasteiger partial charge in [-0.25, -0.2) is 0 Å². The van der Waals surface area contributed by atoms with Crippen molar-refractivity contribution >= 4 is 17.7 Å². The lowest BCUT2D eigenvalue weighted by Crippen LogP contribution is -2.37. The second-order valence-electron chi connectivity index (χ2n) is 5.80. The Morgan fingerprint density at radius 3 is 2.50 bits per heavy atom. The summed E-state index contributed by atoms with van der Waals surface area (Å²) < 4.78 is 5.11. The molecular weight excluding hydrogens is 310 g/mol. The third kappa shape index (κ3) is 4.97.